The fourth-order valence-corrected chi connectivity index (χ4v) is 4.18. The Morgan fingerprint density at radius 2 is 1.91 bits per heavy atom. The lowest BCUT2D eigenvalue weighted by molar-refractivity contribution is -0.245. The molecular weight excluding hydrogens is 414 g/mol. The SMILES string of the molecule is COc1ccc(C([O-])=C2C(=O)C(=O)N(CC3CCCO3)C2c2ccc(O)c(OC)c2)cc1. The van der Waals surface area contributed by atoms with Gasteiger partial charge < -0.3 is 29.3 Å². The van der Waals surface area contributed by atoms with Crippen LogP contribution in [0.3, 0.4) is 0 Å². The number of carbonyl (C=O) groups excluding carboxylic acids is 2. The summed E-state index contributed by atoms with van der Waals surface area (Å²) in [7, 11) is 2.92. The van der Waals surface area contributed by atoms with Crippen molar-refractivity contribution in [3.63, 3.8) is 0 Å². The smallest absolute Gasteiger partial charge is 0.295 e. The van der Waals surface area contributed by atoms with Crippen molar-refractivity contribution >= 4 is 17.4 Å². The number of likely N-dealkylation sites (tertiary alicyclic amines) is 1. The summed E-state index contributed by atoms with van der Waals surface area (Å²) in [5.41, 5.74) is 0.635. The quantitative estimate of drug-likeness (QED) is 0.416. The van der Waals surface area contributed by atoms with Crippen molar-refractivity contribution < 1.29 is 34.0 Å². The molecular formula is C24H24NO7-. The third-order valence-electron chi connectivity index (χ3n) is 5.83. The van der Waals surface area contributed by atoms with Gasteiger partial charge in [-0.25, -0.2) is 0 Å². The van der Waals surface area contributed by atoms with Crippen LogP contribution >= 0.6 is 0 Å². The first kappa shape index (κ1) is 21.7. The van der Waals surface area contributed by atoms with Gasteiger partial charge in [0.25, 0.3) is 5.91 Å². The van der Waals surface area contributed by atoms with Crippen LogP contribution in [0.5, 0.6) is 17.2 Å². The first-order chi connectivity index (χ1) is 15.4. The maximum Gasteiger partial charge on any atom is 0.295 e. The van der Waals surface area contributed by atoms with E-state index in [9.17, 15) is 19.8 Å². The van der Waals surface area contributed by atoms with Crippen LogP contribution in [-0.2, 0) is 14.3 Å². The molecule has 32 heavy (non-hydrogen) atoms. The highest BCUT2D eigenvalue weighted by Crippen LogP contribution is 2.41. The number of Topliss-reactive ketones (excluding diaryl/α,β-unsaturated/α-hetero) is 1. The zero-order chi connectivity index (χ0) is 22.8. The predicted molar refractivity (Wildman–Crippen MR) is 113 cm³/mol. The number of aromatic hydroxyl groups is 1. The van der Waals surface area contributed by atoms with Gasteiger partial charge in [-0.1, -0.05) is 24.0 Å². The molecule has 2 aliphatic heterocycles. The molecule has 4 rings (SSSR count). The summed E-state index contributed by atoms with van der Waals surface area (Å²) >= 11 is 0. The van der Waals surface area contributed by atoms with Gasteiger partial charge >= 0.3 is 0 Å². The van der Waals surface area contributed by atoms with Gasteiger partial charge in [-0.3, -0.25) is 9.59 Å². The highest BCUT2D eigenvalue weighted by atomic mass is 16.5. The van der Waals surface area contributed by atoms with Crippen molar-refractivity contribution in [2.24, 2.45) is 0 Å². The highest BCUT2D eigenvalue weighted by Gasteiger charge is 2.45. The van der Waals surface area contributed by atoms with Crippen molar-refractivity contribution in [3.8, 4) is 17.2 Å². The topological polar surface area (TPSA) is 108 Å². The second-order valence-electron chi connectivity index (χ2n) is 7.73. The molecule has 2 saturated heterocycles. The van der Waals surface area contributed by atoms with Crippen LogP contribution in [0, 0.1) is 0 Å². The summed E-state index contributed by atoms with van der Waals surface area (Å²) in [4.78, 5) is 27.4. The first-order valence-electron chi connectivity index (χ1n) is 10.3. The van der Waals surface area contributed by atoms with Gasteiger partial charge in [0.15, 0.2) is 11.5 Å². The van der Waals surface area contributed by atoms with Gasteiger partial charge in [0.05, 0.1) is 26.4 Å². The largest absolute Gasteiger partial charge is 0.872 e. The summed E-state index contributed by atoms with van der Waals surface area (Å²) in [5.74, 6) is -1.43. The van der Waals surface area contributed by atoms with E-state index in [1.54, 1.807) is 30.3 Å². The second kappa shape index (κ2) is 8.92. The monoisotopic (exact) mass is 438 g/mol. The molecule has 1 amide bonds. The van der Waals surface area contributed by atoms with Gasteiger partial charge in [0, 0.05) is 18.7 Å². The van der Waals surface area contributed by atoms with Crippen molar-refractivity contribution in [2.45, 2.75) is 25.0 Å². The molecule has 2 fully saturated rings. The van der Waals surface area contributed by atoms with Crippen molar-refractivity contribution in [1.82, 2.24) is 4.90 Å². The van der Waals surface area contributed by atoms with E-state index >= 15 is 0 Å². The van der Waals surface area contributed by atoms with E-state index in [-0.39, 0.29) is 35.3 Å². The Morgan fingerprint density at radius 3 is 2.53 bits per heavy atom. The number of benzene rings is 2. The zero-order valence-electron chi connectivity index (χ0n) is 17.9. The molecule has 2 aromatic carbocycles. The van der Waals surface area contributed by atoms with Crippen LogP contribution in [-0.4, -0.2) is 55.2 Å². The first-order valence-corrected chi connectivity index (χ1v) is 10.3. The normalized spacial score (nSPS) is 22.4. The number of ketones is 1. The third kappa shape index (κ3) is 3.89. The van der Waals surface area contributed by atoms with Gasteiger partial charge in [0.2, 0.25) is 5.78 Å². The van der Waals surface area contributed by atoms with Crippen molar-refractivity contribution in [1.29, 1.82) is 0 Å². The van der Waals surface area contributed by atoms with Crippen molar-refractivity contribution in [3.05, 3.63) is 59.2 Å². The third-order valence-corrected chi connectivity index (χ3v) is 5.83. The van der Waals surface area contributed by atoms with Crippen LogP contribution in [0.2, 0.25) is 0 Å². The van der Waals surface area contributed by atoms with Crippen LogP contribution in [0.25, 0.3) is 5.76 Å². The van der Waals surface area contributed by atoms with Crippen LogP contribution < -0.4 is 14.6 Å². The molecule has 2 atom stereocenters. The number of hydrogen-bond donors (Lipinski definition) is 1. The van der Waals surface area contributed by atoms with E-state index in [0.717, 1.165) is 12.8 Å². The molecule has 0 radical (unpaired) electrons. The summed E-state index contributed by atoms with van der Waals surface area (Å²) in [5, 5.41) is 23.4. The van der Waals surface area contributed by atoms with E-state index < -0.39 is 23.5 Å². The molecule has 0 aromatic heterocycles. The van der Waals surface area contributed by atoms with E-state index in [1.807, 2.05) is 0 Å². The number of nitrogens with zero attached hydrogens (tertiary/aromatic N) is 1. The lowest BCUT2D eigenvalue weighted by Crippen LogP contribution is -2.36. The molecule has 168 valence electrons. The summed E-state index contributed by atoms with van der Waals surface area (Å²) in [6, 6.07) is 9.99. The fourth-order valence-electron chi connectivity index (χ4n) is 4.18. The number of amides is 1. The number of methoxy groups -OCH3 is 2. The Labute approximate surface area is 185 Å². The average Bonchev–Trinajstić information content (AvgIpc) is 3.41. The fraction of sp³-hybridized carbons (Fsp3) is 0.333. The standard InChI is InChI=1S/C24H25NO7/c1-30-16-8-5-14(6-9-16)22(27)20-21(15-7-10-18(26)19(12-15)31-2)25(24(29)23(20)28)13-17-4-3-11-32-17/h5-10,12,17,21,26-27H,3-4,11,13H2,1-2H3/p-1. The van der Waals surface area contributed by atoms with E-state index in [0.29, 0.717) is 17.9 Å². The van der Waals surface area contributed by atoms with Gasteiger partial charge in [-0.15, -0.1) is 0 Å². The van der Waals surface area contributed by atoms with E-state index in [1.165, 1.54) is 31.3 Å². The lowest BCUT2D eigenvalue weighted by Gasteiger charge is -2.29. The number of carbonyl (C=O) groups is 2. The number of rotatable bonds is 6. The molecule has 0 saturated carbocycles. The molecule has 0 aliphatic carbocycles. The Hall–Kier alpha value is -3.52. The van der Waals surface area contributed by atoms with Gasteiger partial charge in [-0.05, 0) is 48.2 Å². The molecule has 2 heterocycles. The molecule has 1 N–H and O–H groups in total. The number of hydrogen-bond acceptors (Lipinski definition) is 7. The Kier molecular flexibility index (Phi) is 6.05. The maximum atomic E-state index is 13.4. The minimum atomic E-state index is -0.914. The maximum absolute atomic E-state index is 13.4. The minimum absolute atomic E-state index is 0.0828. The van der Waals surface area contributed by atoms with Crippen LogP contribution in [0.4, 0.5) is 0 Å². The Balaban J connectivity index is 1.83. The number of phenols is 1. The lowest BCUT2D eigenvalue weighted by atomic mass is 9.94. The van der Waals surface area contributed by atoms with Crippen LogP contribution in [0.15, 0.2) is 48.0 Å². The highest BCUT2D eigenvalue weighted by molar-refractivity contribution is 6.46. The Morgan fingerprint density at radius 1 is 1.16 bits per heavy atom. The van der Waals surface area contributed by atoms with Gasteiger partial charge in [-0.2, -0.15) is 0 Å². The Bertz CT molecular complexity index is 1050. The minimum Gasteiger partial charge on any atom is -0.872 e. The molecule has 8 heteroatoms. The van der Waals surface area contributed by atoms with E-state index in [2.05, 4.69) is 0 Å². The summed E-state index contributed by atoms with van der Waals surface area (Å²) < 4.78 is 16.0. The molecule has 0 bridgehead atoms. The van der Waals surface area contributed by atoms with Crippen molar-refractivity contribution in [2.75, 3.05) is 27.4 Å². The van der Waals surface area contributed by atoms with E-state index in [4.69, 9.17) is 14.2 Å². The zero-order valence-corrected chi connectivity index (χ0v) is 17.9. The molecule has 2 aromatic rings. The number of ether oxygens (including phenoxy) is 3. The molecule has 0 spiro atoms. The molecule has 8 nitrogen and oxygen atoms in total. The number of phenolic OH excluding ortho intramolecular Hbond substituents is 1. The summed E-state index contributed by atoms with van der Waals surface area (Å²) in [6.45, 7) is 0.789. The second-order valence-corrected chi connectivity index (χ2v) is 7.73. The average molecular weight is 438 g/mol. The summed E-state index contributed by atoms with van der Waals surface area (Å²) in [6.07, 6.45) is 1.44. The predicted octanol–water partition coefficient (Wildman–Crippen LogP) is 1.81. The van der Waals surface area contributed by atoms with Gasteiger partial charge in [0.1, 0.15) is 5.75 Å². The molecule has 2 aliphatic rings. The van der Waals surface area contributed by atoms with Crippen LogP contribution in [0.1, 0.15) is 30.0 Å². The molecule has 2 unspecified atom stereocenters.